The lowest BCUT2D eigenvalue weighted by molar-refractivity contribution is -0.149. The topological polar surface area (TPSA) is 87.7 Å². The van der Waals surface area contributed by atoms with Gasteiger partial charge in [0.05, 0.1) is 6.10 Å². The van der Waals surface area contributed by atoms with Crippen LogP contribution in [0.15, 0.2) is 16.8 Å². The highest BCUT2D eigenvalue weighted by Gasteiger charge is 2.30. The molecule has 2 heterocycles. The number of hydrogen-bond donors (Lipinski definition) is 3. The molecule has 2 unspecified atom stereocenters. The zero-order valence-corrected chi connectivity index (χ0v) is 11.8. The number of carbonyl (C=O) groups excluding carboxylic acids is 1. The molecule has 1 fully saturated rings. The van der Waals surface area contributed by atoms with Crippen LogP contribution in [0.3, 0.4) is 0 Å². The molecule has 0 bridgehead atoms. The lowest BCUT2D eigenvalue weighted by Gasteiger charge is -2.12. The van der Waals surface area contributed by atoms with E-state index in [1.165, 1.54) is 5.56 Å². The van der Waals surface area contributed by atoms with E-state index in [0.717, 1.165) is 6.42 Å². The van der Waals surface area contributed by atoms with Crippen molar-refractivity contribution in [3.05, 3.63) is 22.4 Å². The van der Waals surface area contributed by atoms with Crippen LogP contribution in [0.1, 0.15) is 18.4 Å². The highest BCUT2D eigenvalue weighted by atomic mass is 32.1. The zero-order chi connectivity index (χ0) is 14.4. The molecular weight excluding hydrogens is 280 g/mol. The molecule has 3 N–H and O–H groups in total. The molecular formula is C13H18N2O4S. The molecule has 1 aliphatic rings. The third-order valence-corrected chi connectivity index (χ3v) is 3.88. The van der Waals surface area contributed by atoms with Crippen molar-refractivity contribution < 1.29 is 19.4 Å². The van der Waals surface area contributed by atoms with Crippen molar-refractivity contribution in [2.24, 2.45) is 0 Å². The van der Waals surface area contributed by atoms with Crippen molar-refractivity contribution in [2.45, 2.75) is 31.5 Å². The third-order valence-electron chi connectivity index (χ3n) is 3.15. The average molecular weight is 298 g/mol. The maximum Gasteiger partial charge on any atom is 0.332 e. The van der Waals surface area contributed by atoms with Crippen molar-refractivity contribution in [1.82, 2.24) is 10.6 Å². The first-order chi connectivity index (χ1) is 9.65. The lowest BCUT2D eigenvalue weighted by Crippen LogP contribution is -2.40. The van der Waals surface area contributed by atoms with Crippen LogP contribution in [0.5, 0.6) is 0 Å². The van der Waals surface area contributed by atoms with Gasteiger partial charge in [-0.3, -0.25) is 0 Å². The highest BCUT2D eigenvalue weighted by molar-refractivity contribution is 7.07. The van der Waals surface area contributed by atoms with Crippen molar-refractivity contribution in [1.29, 1.82) is 0 Å². The van der Waals surface area contributed by atoms with Crippen LogP contribution in [-0.4, -0.2) is 42.4 Å². The van der Waals surface area contributed by atoms with Gasteiger partial charge in [0.2, 0.25) is 0 Å². The van der Waals surface area contributed by atoms with E-state index in [1.807, 2.05) is 11.4 Å². The van der Waals surface area contributed by atoms with Gasteiger partial charge in [-0.25, -0.2) is 9.59 Å². The molecule has 2 atom stereocenters. The molecule has 0 aliphatic carbocycles. The van der Waals surface area contributed by atoms with Crippen LogP contribution in [0, 0.1) is 0 Å². The first-order valence-electron chi connectivity index (χ1n) is 6.56. The van der Waals surface area contributed by atoms with E-state index in [2.05, 4.69) is 16.0 Å². The summed E-state index contributed by atoms with van der Waals surface area (Å²) < 4.78 is 5.30. The van der Waals surface area contributed by atoms with Crippen LogP contribution in [-0.2, 0) is 16.0 Å². The Balaban J connectivity index is 1.57. The minimum Gasteiger partial charge on any atom is -0.479 e. The van der Waals surface area contributed by atoms with Gasteiger partial charge in [0.25, 0.3) is 0 Å². The second-order valence-corrected chi connectivity index (χ2v) is 5.46. The molecule has 1 saturated heterocycles. The van der Waals surface area contributed by atoms with Crippen LogP contribution in [0.25, 0.3) is 0 Å². The summed E-state index contributed by atoms with van der Waals surface area (Å²) in [7, 11) is 0. The van der Waals surface area contributed by atoms with Gasteiger partial charge in [0.15, 0.2) is 6.10 Å². The maximum absolute atomic E-state index is 11.6. The van der Waals surface area contributed by atoms with Crippen molar-refractivity contribution in [3.8, 4) is 0 Å². The van der Waals surface area contributed by atoms with E-state index in [4.69, 9.17) is 9.84 Å². The largest absolute Gasteiger partial charge is 0.479 e. The molecule has 1 aromatic heterocycles. The first-order valence-corrected chi connectivity index (χ1v) is 7.50. The van der Waals surface area contributed by atoms with E-state index < -0.39 is 12.1 Å². The monoisotopic (exact) mass is 298 g/mol. The standard InChI is InChI=1S/C13H18N2O4S/c16-12(17)11-2-1-10(19-11)7-15-13(18)14-5-3-9-4-6-20-8-9/h4,6,8,10-11H,1-3,5,7H2,(H,16,17)(H2,14,15,18). The summed E-state index contributed by atoms with van der Waals surface area (Å²) in [4.78, 5) is 22.3. The Bertz CT molecular complexity index is 449. The first kappa shape index (κ1) is 14.8. The van der Waals surface area contributed by atoms with Crippen LogP contribution in [0.4, 0.5) is 4.79 Å². The van der Waals surface area contributed by atoms with Gasteiger partial charge in [-0.15, -0.1) is 0 Å². The predicted molar refractivity (Wildman–Crippen MR) is 75.0 cm³/mol. The van der Waals surface area contributed by atoms with E-state index in [-0.39, 0.29) is 12.1 Å². The SMILES string of the molecule is O=C(NCCc1ccsc1)NCC1CCC(C(=O)O)O1. The molecule has 0 radical (unpaired) electrons. The molecule has 0 saturated carbocycles. The Labute approximate surface area is 121 Å². The molecule has 0 spiro atoms. The van der Waals surface area contributed by atoms with Crippen molar-refractivity contribution in [2.75, 3.05) is 13.1 Å². The number of aliphatic carboxylic acids is 1. The third kappa shape index (κ3) is 4.50. The van der Waals surface area contributed by atoms with E-state index in [9.17, 15) is 9.59 Å². The van der Waals surface area contributed by atoms with E-state index in [1.54, 1.807) is 11.3 Å². The van der Waals surface area contributed by atoms with Gasteiger partial charge < -0.3 is 20.5 Å². The van der Waals surface area contributed by atoms with Gasteiger partial charge in [-0.1, -0.05) is 0 Å². The fourth-order valence-electron chi connectivity index (χ4n) is 2.06. The summed E-state index contributed by atoms with van der Waals surface area (Å²) in [5.41, 5.74) is 1.21. The number of thiophene rings is 1. The quantitative estimate of drug-likeness (QED) is 0.737. The van der Waals surface area contributed by atoms with Crippen LogP contribution >= 0.6 is 11.3 Å². The smallest absolute Gasteiger partial charge is 0.332 e. The van der Waals surface area contributed by atoms with Gasteiger partial charge in [0, 0.05) is 13.1 Å². The number of carbonyl (C=O) groups is 2. The second kappa shape index (κ2) is 7.25. The molecule has 110 valence electrons. The van der Waals surface area contributed by atoms with Gasteiger partial charge >= 0.3 is 12.0 Å². The zero-order valence-electron chi connectivity index (χ0n) is 11.0. The normalized spacial score (nSPS) is 21.6. The number of nitrogens with one attached hydrogen (secondary N) is 2. The number of urea groups is 1. The van der Waals surface area contributed by atoms with Crippen molar-refractivity contribution in [3.63, 3.8) is 0 Å². The molecule has 1 aliphatic heterocycles. The number of carboxylic acids is 1. The molecule has 2 rings (SSSR count). The second-order valence-electron chi connectivity index (χ2n) is 4.68. The van der Waals surface area contributed by atoms with Crippen LogP contribution < -0.4 is 10.6 Å². The van der Waals surface area contributed by atoms with E-state index >= 15 is 0 Å². The number of rotatable bonds is 6. The Kier molecular flexibility index (Phi) is 5.37. The Morgan fingerprint density at radius 3 is 2.90 bits per heavy atom. The fraction of sp³-hybridized carbons (Fsp3) is 0.538. The highest BCUT2D eigenvalue weighted by Crippen LogP contribution is 2.19. The summed E-state index contributed by atoms with van der Waals surface area (Å²) in [6.45, 7) is 0.917. The summed E-state index contributed by atoms with van der Waals surface area (Å²) in [6.07, 6.45) is 1.02. The summed E-state index contributed by atoms with van der Waals surface area (Å²) in [6, 6.07) is 1.78. The Morgan fingerprint density at radius 1 is 1.40 bits per heavy atom. The molecule has 20 heavy (non-hydrogen) atoms. The number of ether oxygens (including phenoxy) is 1. The molecule has 7 heteroatoms. The number of amides is 2. The fourth-order valence-corrected chi connectivity index (χ4v) is 2.76. The molecule has 6 nitrogen and oxygen atoms in total. The molecule has 0 aromatic carbocycles. The summed E-state index contributed by atoms with van der Waals surface area (Å²) in [5.74, 6) is -0.937. The summed E-state index contributed by atoms with van der Waals surface area (Å²) in [5, 5.41) is 18.3. The molecule has 2 amide bonds. The lowest BCUT2D eigenvalue weighted by atomic mass is 10.2. The minimum absolute atomic E-state index is 0.210. The average Bonchev–Trinajstić information content (AvgIpc) is 3.07. The Hall–Kier alpha value is -1.60. The number of hydrogen-bond acceptors (Lipinski definition) is 4. The van der Waals surface area contributed by atoms with Gasteiger partial charge in [-0.2, -0.15) is 11.3 Å². The minimum atomic E-state index is -0.937. The summed E-state index contributed by atoms with van der Waals surface area (Å²) >= 11 is 1.64. The number of carboxylic acid groups (broad SMARTS) is 1. The Morgan fingerprint density at radius 2 is 2.25 bits per heavy atom. The van der Waals surface area contributed by atoms with Gasteiger partial charge in [0.1, 0.15) is 0 Å². The van der Waals surface area contributed by atoms with Gasteiger partial charge in [-0.05, 0) is 41.7 Å². The van der Waals surface area contributed by atoms with E-state index in [0.29, 0.717) is 25.9 Å². The maximum atomic E-state index is 11.6. The molecule has 1 aromatic rings. The predicted octanol–water partition coefficient (Wildman–Crippen LogP) is 1.22. The van der Waals surface area contributed by atoms with Crippen LogP contribution in [0.2, 0.25) is 0 Å². The van der Waals surface area contributed by atoms with Crippen molar-refractivity contribution >= 4 is 23.3 Å².